The van der Waals surface area contributed by atoms with E-state index in [2.05, 4.69) is 58.1 Å². The van der Waals surface area contributed by atoms with Crippen molar-refractivity contribution < 1.29 is 0 Å². The molecule has 0 spiro atoms. The topological polar surface area (TPSA) is 32.6 Å². The lowest BCUT2D eigenvalue weighted by Crippen LogP contribution is -2.32. The Morgan fingerprint density at radius 3 is 2.85 bits per heavy atom. The van der Waals surface area contributed by atoms with E-state index >= 15 is 0 Å². The molecule has 0 saturated carbocycles. The summed E-state index contributed by atoms with van der Waals surface area (Å²) in [5.74, 6) is 0. The first-order valence-electron chi connectivity index (χ1n) is 6.57. The maximum absolute atomic E-state index is 4.67. The highest BCUT2D eigenvalue weighted by atomic mass is 35.5. The number of likely N-dealkylation sites (N-methyl/N-ethyl adjacent to an activating group) is 1. The molecule has 0 aromatic carbocycles. The molecule has 0 aliphatic carbocycles. The van der Waals surface area contributed by atoms with Gasteiger partial charge < -0.3 is 9.72 Å². The Kier molecular flexibility index (Phi) is 6.27. The van der Waals surface area contributed by atoms with Crippen LogP contribution in [0, 0.1) is 6.92 Å². The highest BCUT2D eigenvalue weighted by molar-refractivity contribution is 5.85. The van der Waals surface area contributed by atoms with Crippen LogP contribution in [0.25, 0.3) is 5.65 Å². The number of aromatic nitrogens is 2. The van der Waals surface area contributed by atoms with Crippen LogP contribution < -0.4 is 5.32 Å². The van der Waals surface area contributed by atoms with Crippen molar-refractivity contribution in [3.05, 3.63) is 35.8 Å². The Labute approximate surface area is 132 Å². The highest BCUT2D eigenvalue weighted by Crippen LogP contribution is 2.12. The van der Waals surface area contributed by atoms with E-state index in [1.54, 1.807) is 0 Å². The summed E-state index contributed by atoms with van der Waals surface area (Å²) in [6.45, 7) is 5.27. The number of nitrogens with zero attached hydrogens (tertiary/aromatic N) is 3. The summed E-state index contributed by atoms with van der Waals surface area (Å²) >= 11 is 0. The molecule has 3 heterocycles. The first-order chi connectivity index (χ1) is 8.72. The fraction of sp³-hybridized carbons (Fsp3) is 0.500. The predicted octanol–water partition coefficient (Wildman–Crippen LogP) is 2.28. The molecule has 2 aromatic rings. The van der Waals surface area contributed by atoms with Gasteiger partial charge >= 0.3 is 0 Å². The van der Waals surface area contributed by atoms with Crippen molar-refractivity contribution in [1.82, 2.24) is 19.6 Å². The third-order valence-corrected chi connectivity index (χ3v) is 3.72. The molecule has 3 rings (SSSR count). The zero-order chi connectivity index (χ0) is 12.5. The third-order valence-electron chi connectivity index (χ3n) is 3.72. The van der Waals surface area contributed by atoms with E-state index in [0.717, 1.165) is 31.0 Å². The van der Waals surface area contributed by atoms with E-state index in [1.807, 2.05) is 0 Å². The van der Waals surface area contributed by atoms with Gasteiger partial charge in [0, 0.05) is 31.5 Å². The molecular weight excluding hydrogens is 295 g/mol. The molecule has 1 unspecified atom stereocenters. The number of aryl methyl sites for hydroxylation is 1. The molecule has 1 aliphatic rings. The molecule has 1 atom stereocenters. The van der Waals surface area contributed by atoms with Crippen LogP contribution in [0.5, 0.6) is 0 Å². The molecule has 20 heavy (non-hydrogen) atoms. The van der Waals surface area contributed by atoms with E-state index in [9.17, 15) is 0 Å². The van der Waals surface area contributed by atoms with Crippen molar-refractivity contribution in [1.29, 1.82) is 0 Å². The van der Waals surface area contributed by atoms with Gasteiger partial charge in [0.05, 0.1) is 5.69 Å². The minimum atomic E-state index is 0. The Morgan fingerprint density at radius 1 is 1.35 bits per heavy atom. The molecule has 6 heteroatoms. The lowest BCUT2D eigenvalue weighted by atomic mass is 10.2. The van der Waals surface area contributed by atoms with Gasteiger partial charge in [0.25, 0.3) is 0 Å². The van der Waals surface area contributed by atoms with Crippen LogP contribution in [-0.2, 0) is 6.54 Å². The summed E-state index contributed by atoms with van der Waals surface area (Å²) in [5, 5.41) is 3.41. The normalized spacial score (nSPS) is 18.1. The van der Waals surface area contributed by atoms with Crippen LogP contribution in [0.3, 0.4) is 0 Å². The number of hydrogen-bond acceptors (Lipinski definition) is 3. The number of hydrogen-bond donors (Lipinski definition) is 1. The summed E-state index contributed by atoms with van der Waals surface area (Å²) in [4.78, 5) is 7.06. The number of fused-ring (bicyclic) bond motifs is 1. The van der Waals surface area contributed by atoms with Gasteiger partial charge in [-0.3, -0.25) is 4.90 Å². The number of halogens is 2. The molecule has 0 amide bonds. The van der Waals surface area contributed by atoms with Gasteiger partial charge in [0.1, 0.15) is 5.65 Å². The molecule has 4 nitrogen and oxygen atoms in total. The van der Waals surface area contributed by atoms with E-state index in [1.165, 1.54) is 12.0 Å². The molecular formula is C14H22Cl2N4. The van der Waals surface area contributed by atoms with E-state index in [4.69, 9.17) is 0 Å². The first kappa shape index (κ1) is 17.2. The SMILES string of the molecule is Cc1ccc2nc(CN(C)C3CCNC3)cn2c1.Cl.Cl. The van der Waals surface area contributed by atoms with E-state index in [0.29, 0.717) is 6.04 Å². The maximum Gasteiger partial charge on any atom is 0.137 e. The van der Waals surface area contributed by atoms with Crippen LogP contribution in [0.2, 0.25) is 0 Å². The van der Waals surface area contributed by atoms with Gasteiger partial charge in [0.15, 0.2) is 0 Å². The molecule has 0 bridgehead atoms. The Hall–Kier alpha value is -0.810. The minimum absolute atomic E-state index is 0. The summed E-state index contributed by atoms with van der Waals surface area (Å²) in [7, 11) is 2.19. The summed E-state index contributed by atoms with van der Waals surface area (Å²) in [5.41, 5.74) is 3.45. The second kappa shape index (κ2) is 7.27. The standard InChI is InChI=1S/C14H20N4.2ClH/c1-11-3-4-14-16-12(10-18(14)8-11)9-17(2)13-5-6-15-7-13;;/h3-4,8,10,13,15H,5-7,9H2,1-2H3;2*1H. The Bertz CT molecular complexity index is 549. The van der Waals surface area contributed by atoms with Crippen molar-refractivity contribution in [2.75, 3.05) is 20.1 Å². The van der Waals surface area contributed by atoms with Crippen molar-refractivity contribution in [2.24, 2.45) is 0 Å². The second-order valence-corrected chi connectivity index (χ2v) is 5.27. The summed E-state index contributed by atoms with van der Waals surface area (Å²) in [6, 6.07) is 4.84. The highest BCUT2D eigenvalue weighted by Gasteiger charge is 2.19. The molecule has 1 saturated heterocycles. The molecule has 1 fully saturated rings. The predicted molar refractivity (Wildman–Crippen MR) is 87.2 cm³/mol. The first-order valence-corrected chi connectivity index (χ1v) is 6.57. The molecule has 2 aromatic heterocycles. The summed E-state index contributed by atoms with van der Waals surface area (Å²) < 4.78 is 2.12. The monoisotopic (exact) mass is 316 g/mol. The third kappa shape index (κ3) is 3.64. The Balaban J connectivity index is 0.000001000. The van der Waals surface area contributed by atoms with Crippen LogP contribution in [-0.4, -0.2) is 40.5 Å². The van der Waals surface area contributed by atoms with Crippen LogP contribution in [0.1, 0.15) is 17.7 Å². The van der Waals surface area contributed by atoms with Gasteiger partial charge in [-0.15, -0.1) is 24.8 Å². The van der Waals surface area contributed by atoms with Crippen LogP contribution in [0.15, 0.2) is 24.5 Å². The molecule has 1 N–H and O–H groups in total. The fourth-order valence-electron chi connectivity index (χ4n) is 2.63. The number of nitrogens with one attached hydrogen (secondary N) is 1. The van der Waals surface area contributed by atoms with Crippen molar-refractivity contribution in [3.63, 3.8) is 0 Å². The lowest BCUT2D eigenvalue weighted by molar-refractivity contribution is 0.246. The largest absolute Gasteiger partial charge is 0.315 e. The second-order valence-electron chi connectivity index (χ2n) is 5.27. The van der Waals surface area contributed by atoms with Crippen molar-refractivity contribution >= 4 is 30.5 Å². The van der Waals surface area contributed by atoms with Crippen molar-refractivity contribution in [2.45, 2.75) is 25.9 Å². The zero-order valence-electron chi connectivity index (χ0n) is 11.9. The average molecular weight is 317 g/mol. The van der Waals surface area contributed by atoms with Crippen LogP contribution >= 0.6 is 24.8 Å². The number of rotatable bonds is 3. The van der Waals surface area contributed by atoms with Gasteiger partial charge in [0.2, 0.25) is 0 Å². The number of pyridine rings is 1. The molecule has 0 radical (unpaired) electrons. The van der Waals surface area contributed by atoms with Gasteiger partial charge in [-0.05, 0) is 38.6 Å². The van der Waals surface area contributed by atoms with Gasteiger partial charge in [-0.2, -0.15) is 0 Å². The quantitative estimate of drug-likeness (QED) is 0.943. The zero-order valence-corrected chi connectivity index (χ0v) is 13.5. The smallest absolute Gasteiger partial charge is 0.137 e. The van der Waals surface area contributed by atoms with Crippen molar-refractivity contribution in [3.8, 4) is 0 Å². The average Bonchev–Trinajstić information content (AvgIpc) is 2.95. The Morgan fingerprint density at radius 2 is 2.15 bits per heavy atom. The number of imidazole rings is 1. The van der Waals surface area contributed by atoms with Gasteiger partial charge in [-0.1, -0.05) is 6.07 Å². The minimum Gasteiger partial charge on any atom is -0.315 e. The van der Waals surface area contributed by atoms with Crippen LogP contribution in [0.4, 0.5) is 0 Å². The van der Waals surface area contributed by atoms with Gasteiger partial charge in [-0.25, -0.2) is 4.98 Å². The molecule has 1 aliphatic heterocycles. The lowest BCUT2D eigenvalue weighted by Gasteiger charge is -2.22. The summed E-state index contributed by atoms with van der Waals surface area (Å²) in [6.07, 6.45) is 5.51. The van der Waals surface area contributed by atoms with E-state index in [-0.39, 0.29) is 24.8 Å². The molecule has 112 valence electrons. The van der Waals surface area contributed by atoms with E-state index < -0.39 is 0 Å². The fourth-order valence-corrected chi connectivity index (χ4v) is 2.63. The maximum atomic E-state index is 4.67.